The molecule has 4 nitrogen and oxygen atoms in total. The molecule has 0 unspecified atom stereocenters. The molecule has 0 aromatic heterocycles. The average molecular weight is 286 g/mol. The molecule has 1 amide bonds. The molecule has 0 bridgehead atoms. The van der Waals surface area contributed by atoms with Crippen molar-refractivity contribution in [2.24, 2.45) is 0 Å². The number of hydrogen-bond acceptors (Lipinski definition) is 3. The SMILES string of the molecule is Cc1cc(OCCCCCCC(=O)NO)ccc1Cl. The number of aryl methyl sites for hydroxylation is 1. The number of amides is 1. The number of ether oxygens (including phenoxy) is 1. The maximum atomic E-state index is 10.7. The second kappa shape index (κ2) is 8.77. The number of carbonyl (C=O) groups excluding carboxylic acids is 1. The molecule has 0 aliphatic rings. The van der Waals surface area contributed by atoms with E-state index in [2.05, 4.69) is 0 Å². The minimum atomic E-state index is -0.326. The highest BCUT2D eigenvalue weighted by Gasteiger charge is 2.00. The topological polar surface area (TPSA) is 58.6 Å². The Kier molecular flexibility index (Phi) is 7.30. The van der Waals surface area contributed by atoms with Gasteiger partial charge in [-0.05, 0) is 43.5 Å². The number of halogens is 1. The molecular formula is C14H20ClNO3. The van der Waals surface area contributed by atoms with Gasteiger partial charge in [0.2, 0.25) is 5.91 Å². The number of hydroxylamine groups is 1. The Morgan fingerprint density at radius 3 is 2.74 bits per heavy atom. The monoisotopic (exact) mass is 285 g/mol. The van der Waals surface area contributed by atoms with Gasteiger partial charge >= 0.3 is 0 Å². The number of benzene rings is 1. The zero-order chi connectivity index (χ0) is 14.1. The Bertz CT molecular complexity index is 410. The standard InChI is InChI=1S/C14H20ClNO3/c1-11-10-12(7-8-13(11)15)19-9-5-3-2-4-6-14(17)16-18/h7-8,10,18H,2-6,9H2,1H3,(H,16,17). The number of carbonyl (C=O) groups is 1. The van der Waals surface area contributed by atoms with Crippen LogP contribution in [0.25, 0.3) is 0 Å². The van der Waals surface area contributed by atoms with Crippen molar-refractivity contribution in [2.75, 3.05) is 6.61 Å². The van der Waals surface area contributed by atoms with Crippen LogP contribution in [0.3, 0.4) is 0 Å². The van der Waals surface area contributed by atoms with E-state index in [1.54, 1.807) is 5.48 Å². The molecule has 0 saturated carbocycles. The minimum absolute atomic E-state index is 0.326. The molecule has 0 aliphatic carbocycles. The fraction of sp³-hybridized carbons (Fsp3) is 0.500. The van der Waals surface area contributed by atoms with Gasteiger partial charge in [-0.3, -0.25) is 10.0 Å². The quantitative estimate of drug-likeness (QED) is 0.437. The first-order chi connectivity index (χ1) is 9.13. The van der Waals surface area contributed by atoms with Crippen LogP contribution < -0.4 is 10.2 Å². The summed E-state index contributed by atoms with van der Waals surface area (Å²) in [6.45, 7) is 2.61. The Balaban J connectivity index is 2.07. The van der Waals surface area contributed by atoms with Crippen molar-refractivity contribution in [1.82, 2.24) is 5.48 Å². The summed E-state index contributed by atoms with van der Waals surface area (Å²) in [4.78, 5) is 10.7. The molecule has 0 fully saturated rings. The summed E-state index contributed by atoms with van der Waals surface area (Å²) < 4.78 is 5.61. The Morgan fingerprint density at radius 1 is 1.32 bits per heavy atom. The Hall–Kier alpha value is -1.26. The molecule has 0 aliphatic heterocycles. The lowest BCUT2D eigenvalue weighted by Gasteiger charge is -2.07. The highest BCUT2D eigenvalue weighted by molar-refractivity contribution is 6.31. The van der Waals surface area contributed by atoms with Crippen LogP contribution >= 0.6 is 11.6 Å². The molecule has 2 N–H and O–H groups in total. The second-order valence-electron chi connectivity index (χ2n) is 4.46. The fourth-order valence-electron chi connectivity index (χ4n) is 1.69. The zero-order valence-electron chi connectivity index (χ0n) is 11.1. The maximum Gasteiger partial charge on any atom is 0.243 e. The van der Waals surface area contributed by atoms with Gasteiger partial charge in [-0.25, -0.2) is 5.48 Å². The molecule has 1 aromatic rings. The highest BCUT2D eigenvalue weighted by Crippen LogP contribution is 2.21. The Labute approximate surface area is 118 Å². The molecule has 0 atom stereocenters. The van der Waals surface area contributed by atoms with E-state index in [4.69, 9.17) is 21.5 Å². The minimum Gasteiger partial charge on any atom is -0.494 e. The van der Waals surface area contributed by atoms with Gasteiger partial charge in [-0.15, -0.1) is 0 Å². The number of unbranched alkanes of at least 4 members (excludes halogenated alkanes) is 3. The van der Waals surface area contributed by atoms with Crippen molar-refractivity contribution >= 4 is 17.5 Å². The summed E-state index contributed by atoms with van der Waals surface area (Å²) in [7, 11) is 0. The van der Waals surface area contributed by atoms with Gasteiger partial charge in [-0.1, -0.05) is 24.4 Å². The van der Waals surface area contributed by atoms with Crippen LogP contribution in [-0.2, 0) is 4.79 Å². The van der Waals surface area contributed by atoms with Crippen LogP contribution in [0.5, 0.6) is 5.75 Å². The summed E-state index contributed by atoms with van der Waals surface area (Å²) in [5.74, 6) is 0.509. The first kappa shape index (κ1) is 15.8. The third kappa shape index (κ3) is 6.45. The molecule has 0 spiro atoms. The van der Waals surface area contributed by atoms with Crippen LogP contribution in [0.15, 0.2) is 18.2 Å². The van der Waals surface area contributed by atoms with Gasteiger partial charge < -0.3 is 4.74 Å². The van der Waals surface area contributed by atoms with E-state index in [0.717, 1.165) is 42.0 Å². The van der Waals surface area contributed by atoms with Crippen LogP contribution in [0, 0.1) is 6.92 Å². The molecule has 0 heterocycles. The molecule has 0 radical (unpaired) electrons. The number of nitrogens with one attached hydrogen (secondary N) is 1. The highest BCUT2D eigenvalue weighted by atomic mass is 35.5. The summed E-state index contributed by atoms with van der Waals surface area (Å²) in [5, 5.41) is 9.06. The predicted octanol–water partition coefficient (Wildman–Crippen LogP) is 3.48. The van der Waals surface area contributed by atoms with Gasteiger partial charge in [0.05, 0.1) is 6.61 Å². The van der Waals surface area contributed by atoms with Crippen molar-refractivity contribution in [2.45, 2.75) is 39.0 Å². The molecule has 106 valence electrons. The van der Waals surface area contributed by atoms with Crippen LogP contribution in [0.4, 0.5) is 0 Å². The lowest BCUT2D eigenvalue weighted by Crippen LogP contribution is -2.17. The second-order valence-corrected chi connectivity index (χ2v) is 4.87. The van der Waals surface area contributed by atoms with Crippen molar-refractivity contribution < 1.29 is 14.7 Å². The van der Waals surface area contributed by atoms with Gasteiger partial charge in [0, 0.05) is 11.4 Å². The van der Waals surface area contributed by atoms with Crippen molar-refractivity contribution in [3.8, 4) is 5.75 Å². The molecule has 19 heavy (non-hydrogen) atoms. The summed E-state index contributed by atoms with van der Waals surface area (Å²) in [5.41, 5.74) is 2.63. The van der Waals surface area contributed by atoms with Gasteiger partial charge in [0.25, 0.3) is 0 Å². The van der Waals surface area contributed by atoms with E-state index in [1.165, 1.54) is 0 Å². The fourth-order valence-corrected chi connectivity index (χ4v) is 1.81. The molecule has 5 heteroatoms. The summed E-state index contributed by atoms with van der Waals surface area (Å²) in [6, 6.07) is 5.62. The largest absolute Gasteiger partial charge is 0.494 e. The van der Waals surface area contributed by atoms with E-state index < -0.39 is 0 Å². The summed E-state index contributed by atoms with van der Waals surface area (Å²) in [6.07, 6.45) is 4.06. The number of rotatable bonds is 8. The Morgan fingerprint density at radius 2 is 2.05 bits per heavy atom. The van der Waals surface area contributed by atoms with E-state index in [0.29, 0.717) is 13.0 Å². The van der Waals surface area contributed by atoms with Crippen LogP contribution in [0.2, 0.25) is 5.02 Å². The first-order valence-electron chi connectivity index (χ1n) is 6.45. The lowest BCUT2D eigenvalue weighted by molar-refractivity contribution is -0.129. The van der Waals surface area contributed by atoms with E-state index in [9.17, 15) is 4.79 Å². The van der Waals surface area contributed by atoms with Crippen LogP contribution in [0.1, 0.15) is 37.7 Å². The van der Waals surface area contributed by atoms with Gasteiger partial charge in [-0.2, -0.15) is 0 Å². The molecule has 1 aromatic carbocycles. The lowest BCUT2D eigenvalue weighted by atomic mass is 10.1. The van der Waals surface area contributed by atoms with Crippen molar-refractivity contribution in [3.63, 3.8) is 0 Å². The molecule has 1 rings (SSSR count). The van der Waals surface area contributed by atoms with E-state index in [-0.39, 0.29) is 5.91 Å². The molecular weight excluding hydrogens is 266 g/mol. The van der Waals surface area contributed by atoms with Crippen molar-refractivity contribution in [1.29, 1.82) is 0 Å². The van der Waals surface area contributed by atoms with Crippen molar-refractivity contribution in [3.05, 3.63) is 28.8 Å². The van der Waals surface area contributed by atoms with Gasteiger partial charge in [0.1, 0.15) is 5.75 Å². The third-order valence-electron chi connectivity index (χ3n) is 2.82. The van der Waals surface area contributed by atoms with E-state index >= 15 is 0 Å². The smallest absolute Gasteiger partial charge is 0.243 e. The first-order valence-corrected chi connectivity index (χ1v) is 6.83. The normalized spacial score (nSPS) is 10.3. The zero-order valence-corrected chi connectivity index (χ0v) is 11.9. The third-order valence-corrected chi connectivity index (χ3v) is 3.25. The number of hydrogen-bond donors (Lipinski definition) is 2. The van der Waals surface area contributed by atoms with Crippen LogP contribution in [-0.4, -0.2) is 17.7 Å². The summed E-state index contributed by atoms with van der Waals surface area (Å²) >= 11 is 5.93. The maximum absolute atomic E-state index is 10.7. The predicted molar refractivity (Wildman–Crippen MR) is 74.7 cm³/mol. The molecule has 0 saturated heterocycles. The van der Waals surface area contributed by atoms with E-state index in [1.807, 2.05) is 25.1 Å². The van der Waals surface area contributed by atoms with Gasteiger partial charge in [0.15, 0.2) is 0 Å². The average Bonchev–Trinajstić information content (AvgIpc) is 2.41.